The molecule has 0 unspecified atom stereocenters. The number of hydrogen-bond acceptors (Lipinski definition) is 4. The van der Waals surface area contributed by atoms with Crippen LogP contribution in [0.3, 0.4) is 0 Å². The van der Waals surface area contributed by atoms with Gasteiger partial charge in [-0.3, -0.25) is 0 Å². The number of rotatable bonds is 2. The highest BCUT2D eigenvalue weighted by atomic mass is 16.5. The minimum Gasteiger partial charge on any atom is -0.390 e. The third-order valence-corrected chi connectivity index (χ3v) is 14.2. The molecule has 42 heavy (non-hydrogen) atoms. The molecular formula is C37H49NO4. The van der Waals surface area contributed by atoms with Gasteiger partial charge >= 0.3 is 0 Å². The van der Waals surface area contributed by atoms with Crippen molar-refractivity contribution in [3.63, 3.8) is 0 Å². The van der Waals surface area contributed by atoms with Gasteiger partial charge in [0.05, 0.1) is 17.3 Å². The molecule has 5 aliphatic carbocycles. The van der Waals surface area contributed by atoms with Gasteiger partial charge in [-0.1, -0.05) is 40.3 Å². The van der Waals surface area contributed by atoms with E-state index in [1.54, 1.807) is 0 Å². The molecule has 1 aromatic carbocycles. The van der Waals surface area contributed by atoms with Crippen LogP contribution in [0, 0.1) is 23.2 Å². The highest BCUT2D eigenvalue weighted by Gasteiger charge is 2.70. The van der Waals surface area contributed by atoms with Gasteiger partial charge in [0.2, 0.25) is 0 Å². The summed E-state index contributed by atoms with van der Waals surface area (Å²) in [6.07, 6.45) is 5.96. The van der Waals surface area contributed by atoms with Crippen LogP contribution in [0.1, 0.15) is 109 Å². The summed E-state index contributed by atoms with van der Waals surface area (Å²) in [7, 11) is 0. The third-order valence-electron chi connectivity index (χ3n) is 14.2. The molecule has 10 atom stereocenters. The van der Waals surface area contributed by atoms with E-state index in [-0.39, 0.29) is 22.9 Å². The zero-order valence-corrected chi connectivity index (χ0v) is 26.5. The number of H-pyrrole nitrogens is 1. The molecule has 6 aliphatic rings. The van der Waals surface area contributed by atoms with Gasteiger partial charge in [-0.25, -0.2) is 0 Å². The van der Waals surface area contributed by atoms with Crippen LogP contribution in [0.5, 0.6) is 0 Å². The van der Waals surface area contributed by atoms with Gasteiger partial charge in [0.25, 0.3) is 0 Å². The van der Waals surface area contributed by atoms with Gasteiger partial charge in [-0.2, -0.15) is 0 Å². The number of fused-ring (bicyclic) bond motifs is 13. The molecule has 2 heterocycles. The van der Waals surface area contributed by atoms with Crippen molar-refractivity contribution >= 4 is 10.9 Å². The fraction of sp³-hybridized carbons (Fsp3) is 0.676. The summed E-state index contributed by atoms with van der Waals surface area (Å²) in [4.78, 5) is 3.98. The van der Waals surface area contributed by atoms with E-state index in [0.29, 0.717) is 24.2 Å². The second kappa shape index (κ2) is 8.02. The summed E-state index contributed by atoms with van der Waals surface area (Å²) in [6.45, 7) is 19.5. The summed E-state index contributed by atoms with van der Waals surface area (Å²) in [5, 5.41) is 36.4. The molecule has 1 aliphatic heterocycles. The van der Waals surface area contributed by atoms with Crippen molar-refractivity contribution in [1.29, 1.82) is 0 Å². The highest BCUT2D eigenvalue weighted by molar-refractivity contribution is 5.92. The van der Waals surface area contributed by atoms with E-state index >= 15 is 0 Å². The molecule has 0 radical (unpaired) electrons. The minimum absolute atomic E-state index is 0.0932. The van der Waals surface area contributed by atoms with Crippen LogP contribution in [0.15, 0.2) is 35.9 Å². The molecule has 5 heteroatoms. The third kappa shape index (κ3) is 2.96. The predicted octanol–water partition coefficient (Wildman–Crippen LogP) is 6.34. The van der Waals surface area contributed by atoms with E-state index in [2.05, 4.69) is 51.4 Å². The van der Waals surface area contributed by atoms with Crippen molar-refractivity contribution in [2.24, 2.45) is 23.2 Å². The number of ether oxygens (including phenoxy) is 1. The maximum absolute atomic E-state index is 12.8. The Kier molecular flexibility index (Phi) is 5.27. The van der Waals surface area contributed by atoms with E-state index in [0.717, 1.165) is 43.3 Å². The maximum atomic E-state index is 12.8. The van der Waals surface area contributed by atoms with Gasteiger partial charge in [0, 0.05) is 27.4 Å². The first-order valence-corrected chi connectivity index (χ1v) is 16.4. The molecule has 8 rings (SSSR count). The standard InChI is InChI=1S/C37H49NO4/c1-18(2)31-26(39)17-22-27(42-31)12-13-35(7)36(8)19(11-14-37(22,35)41)15-20-28-25(38-32(20)36)10-9-21-30(28)29-23(33(21,3)4)16-24(29)34(5,6)40/h9-10,17,19,23-24,26-27,29,31,38-41H,1,11-16H2,2-8H3/t19-,23+,24+,26-,27+,29+,31-,35+,36-,37+/m1/s1. The van der Waals surface area contributed by atoms with Crippen LogP contribution in [-0.2, 0) is 22.0 Å². The Morgan fingerprint density at radius 2 is 1.86 bits per heavy atom. The zero-order chi connectivity index (χ0) is 29.9. The first-order chi connectivity index (χ1) is 19.6. The van der Waals surface area contributed by atoms with Gasteiger partial charge in [0.15, 0.2) is 0 Å². The Morgan fingerprint density at radius 1 is 1.12 bits per heavy atom. The van der Waals surface area contributed by atoms with Crippen LogP contribution >= 0.6 is 0 Å². The lowest BCUT2D eigenvalue weighted by Crippen LogP contribution is -2.67. The van der Waals surface area contributed by atoms with Gasteiger partial charge in [-0.05, 0) is 128 Å². The smallest absolute Gasteiger partial charge is 0.108 e. The van der Waals surface area contributed by atoms with Crippen LogP contribution in [0.2, 0.25) is 0 Å². The van der Waals surface area contributed by atoms with Crippen LogP contribution in [0.25, 0.3) is 10.9 Å². The Labute approximate surface area is 250 Å². The molecule has 3 fully saturated rings. The van der Waals surface area contributed by atoms with E-state index < -0.39 is 28.8 Å². The lowest BCUT2D eigenvalue weighted by Gasteiger charge is -2.65. The van der Waals surface area contributed by atoms with Gasteiger partial charge < -0.3 is 25.0 Å². The van der Waals surface area contributed by atoms with Gasteiger partial charge in [0.1, 0.15) is 12.2 Å². The summed E-state index contributed by atoms with van der Waals surface area (Å²) >= 11 is 0. The Morgan fingerprint density at radius 3 is 2.55 bits per heavy atom. The Hall–Kier alpha value is -1.92. The molecule has 3 saturated carbocycles. The second-order valence-corrected chi connectivity index (χ2v) is 16.7. The monoisotopic (exact) mass is 571 g/mol. The number of benzene rings is 1. The summed E-state index contributed by atoms with van der Waals surface area (Å²) < 4.78 is 6.41. The van der Waals surface area contributed by atoms with E-state index in [1.165, 1.54) is 33.3 Å². The lowest BCUT2D eigenvalue weighted by atomic mass is 9.42. The zero-order valence-electron chi connectivity index (χ0n) is 26.5. The van der Waals surface area contributed by atoms with Crippen molar-refractivity contribution in [3.8, 4) is 0 Å². The summed E-state index contributed by atoms with van der Waals surface area (Å²) in [5.41, 5.74) is 6.33. The minimum atomic E-state index is -1.05. The fourth-order valence-electron chi connectivity index (χ4n) is 11.6. The van der Waals surface area contributed by atoms with Crippen LogP contribution < -0.4 is 0 Å². The summed E-state index contributed by atoms with van der Waals surface area (Å²) in [5.74, 6) is 1.65. The quantitative estimate of drug-likeness (QED) is 0.317. The Bertz CT molecular complexity index is 1570. The first kappa shape index (κ1) is 27.6. The van der Waals surface area contributed by atoms with Crippen LogP contribution in [-0.4, -0.2) is 49.8 Å². The van der Waals surface area contributed by atoms with Crippen molar-refractivity contribution in [1.82, 2.24) is 4.98 Å². The van der Waals surface area contributed by atoms with Crippen molar-refractivity contribution in [2.45, 2.75) is 133 Å². The molecule has 226 valence electrons. The van der Waals surface area contributed by atoms with E-state index in [9.17, 15) is 15.3 Å². The number of aromatic nitrogens is 1. The van der Waals surface area contributed by atoms with E-state index in [4.69, 9.17) is 4.74 Å². The lowest BCUT2D eigenvalue weighted by molar-refractivity contribution is -0.185. The van der Waals surface area contributed by atoms with Crippen molar-refractivity contribution < 1.29 is 20.1 Å². The number of aliphatic hydroxyl groups is 3. The number of hydrogen-bond donors (Lipinski definition) is 4. The molecule has 5 nitrogen and oxygen atoms in total. The molecule has 0 spiro atoms. The normalized spacial score (nSPS) is 44.7. The fourth-order valence-corrected chi connectivity index (χ4v) is 11.6. The molecule has 0 saturated heterocycles. The molecule has 4 N–H and O–H groups in total. The average Bonchev–Trinajstić information content (AvgIpc) is 3.43. The average molecular weight is 572 g/mol. The van der Waals surface area contributed by atoms with Crippen LogP contribution in [0.4, 0.5) is 0 Å². The van der Waals surface area contributed by atoms with E-state index in [1.807, 2.05) is 26.8 Å². The molecule has 1 aromatic heterocycles. The molecule has 2 aromatic rings. The van der Waals surface area contributed by atoms with Gasteiger partial charge in [-0.15, -0.1) is 0 Å². The first-order valence-electron chi connectivity index (χ1n) is 16.4. The largest absolute Gasteiger partial charge is 0.390 e. The van der Waals surface area contributed by atoms with Crippen molar-refractivity contribution in [3.05, 3.63) is 58.3 Å². The molecular weight excluding hydrogens is 522 g/mol. The number of nitrogens with one attached hydrogen (secondary N) is 1. The number of aliphatic hydroxyl groups excluding tert-OH is 1. The maximum Gasteiger partial charge on any atom is 0.108 e. The number of aromatic amines is 1. The van der Waals surface area contributed by atoms with Crippen molar-refractivity contribution in [2.75, 3.05) is 0 Å². The highest BCUT2D eigenvalue weighted by Crippen LogP contribution is 2.71. The second-order valence-electron chi connectivity index (χ2n) is 16.7. The molecule has 0 amide bonds. The SMILES string of the molecule is C=C(C)[C@H]1O[C@H]2CC[C@@]3(C)[C@@]4(C)c5[nH]c6ccc7c(c6c5C[C@H]4CC[C@]3(O)C2=C[C@H]1O)[C@@H]1[C@@H](C(C)(C)O)C[C@@H]1C7(C)C. The topological polar surface area (TPSA) is 85.7 Å². The molecule has 0 bridgehead atoms. The Balaban J connectivity index is 1.29. The summed E-state index contributed by atoms with van der Waals surface area (Å²) in [6, 6.07) is 4.66. The predicted molar refractivity (Wildman–Crippen MR) is 166 cm³/mol.